The van der Waals surface area contributed by atoms with Crippen molar-refractivity contribution in [1.82, 2.24) is 5.32 Å². The van der Waals surface area contributed by atoms with Crippen molar-refractivity contribution in [3.05, 3.63) is 23.8 Å². The van der Waals surface area contributed by atoms with E-state index in [9.17, 15) is 4.79 Å². The summed E-state index contributed by atoms with van der Waals surface area (Å²) in [5.74, 6) is 4.50. The first-order valence-corrected chi connectivity index (χ1v) is 12.6. The van der Waals surface area contributed by atoms with Gasteiger partial charge in [0.15, 0.2) is 5.78 Å². The monoisotopic (exact) mass is 409 g/mol. The molecule has 0 amide bonds. The molecule has 0 bridgehead atoms. The van der Waals surface area contributed by atoms with E-state index in [1.165, 1.54) is 44.1 Å². The van der Waals surface area contributed by atoms with Gasteiger partial charge in [-0.3, -0.25) is 10.1 Å². The van der Waals surface area contributed by atoms with Gasteiger partial charge in [0.1, 0.15) is 5.72 Å². The SMILES string of the molecule is C[C@@H]1CC[C@]2(NC1)O[C@H]1C[C@H]3[C@@H]4CCC5=CC(=O)C=C[C@]5(C)[C@H]4CC[C@]3(C)[C@H]1[C@@H]2C. The van der Waals surface area contributed by atoms with Gasteiger partial charge in [0.2, 0.25) is 0 Å². The lowest BCUT2D eigenvalue weighted by atomic mass is 9.47. The molecular formula is C27H39NO2. The highest BCUT2D eigenvalue weighted by molar-refractivity contribution is 6.01. The zero-order valence-electron chi connectivity index (χ0n) is 19.2. The van der Waals surface area contributed by atoms with Gasteiger partial charge in [0.05, 0.1) is 6.10 Å². The van der Waals surface area contributed by atoms with E-state index in [0.717, 1.165) is 30.7 Å². The molecule has 0 aromatic heterocycles. The third-order valence-corrected chi connectivity index (χ3v) is 11.0. The van der Waals surface area contributed by atoms with E-state index < -0.39 is 0 Å². The maximum absolute atomic E-state index is 12.0. The first kappa shape index (κ1) is 19.7. The van der Waals surface area contributed by atoms with Gasteiger partial charge in [-0.05, 0) is 92.1 Å². The Hall–Kier alpha value is -0.930. The second-order valence-corrected chi connectivity index (χ2v) is 12.3. The predicted molar refractivity (Wildman–Crippen MR) is 119 cm³/mol. The second kappa shape index (κ2) is 6.32. The quantitative estimate of drug-likeness (QED) is 0.592. The van der Waals surface area contributed by atoms with E-state index in [1.807, 2.05) is 12.2 Å². The maximum atomic E-state index is 12.0. The van der Waals surface area contributed by atoms with Crippen LogP contribution in [0, 0.1) is 46.3 Å². The number of rotatable bonds is 0. The number of piperidine rings is 1. The Bertz CT molecular complexity index is 821. The molecule has 2 aliphatic heterocycles. The Balaban J connectivity index is 1.29. The summed E-state index contributed by atoms with van der Waals surface area (Å²) in [6, 6.07) is 0. The standard InChI is InChI=1S/C27H39NO2/c1-16-7-12-27(28-15-16)17(2)24-23(30-27)14-22-20-6-5-18-13-19(29)8-10-25(18,3)21(20)9-11-26(22,24)4/h8,10,13,16-17,20-24,28H,5-7,9,11-12,14-15H2,1-4H3/t16-,17+,20-,21+,22+,23+,24+,25+,26+,27+/m1/s1. The number of allylic oxidation sites excluding steroid dienone is 4. The third-order valence-electron chi connectivity index (χ3n) is 11.0. The van der Waals surface area contributed by atoms with Crippen LogP contribution in [0.1, 0.15) is 72.6 Å². The molecule has 6 rings (SSSR count). The van der Waals surface area contributed by atoms with Crippen LogP contribution < -0.4 is 5.32 Å². The van der Waals surface area contributed by atoms with Gasteiger partial charge in [-0.15, -0.1) is 0 Å². The molecule has 1 spiro atoms. The normalized spacial score (nSPS) is 56.9. The Kier molecular flexibility index (Phi) is 4.15. The molecule has 4 aliphatic carbocycles. The van der Waals surface area contributed by atoms with Crippen LogP contribution in [0.25, 0.3) is 0 Å². The van der Waals surface area contributed by atoms with Gasteiger partial charge >= 0.3 is 0 Å². The first-order valence-electron chi connectivity index (χ1n) is 12.6. The minimum absolute atomic E-state index is 0.0619. The fraction of sp³-hybridized carbons (Fsp3) is 0.815. The largest absolute Gasteiger partial charge is 0.357 e. The lowest BCUT2D eigenvalue weighted by molar-refractivity contribution is -0.115. The zero-order chi connectivity index (χ0) is 20.9. The van der Waals surface area contributed by atoms with Gasteiger partial charge in [0, 0.05) is 17.9 Å². The van der Waals surface area contributed by atoms with Crippen LogP contribution >= 0.6 is 0 Å². The highest BCUT2D eigenvalue weighted by Crippen LogP contribution is 2.70. The summed E-state index contributed by atoms with van der Waals surface area (Å²) >= 11 is 0. The second-order valence-electron chi connectivity index (χ2n) is 12.3. The highest BCUT2D eigenvalue weighted by Gasteiger charge is 2.68. The highest BCUT2D eigenvalue weighted by atomic mass is 16.5. The topological polar surface area (TPSA) is 38.3 Å². The average Bonchev–Trinajstić information content (AvgIpc) is 3.16. The van der Waals surface area contributed by atoms with E-state index in [-0.39, 0.29) is 16.9 Å². The molecule has 6 aliphatic rings. The summed E-state index contributed by atoms with van der Waals surface area (Å²) in [6.07, 6.45) is 15.2. The lowest BCUT2D eigenvalue weighted by Crippen LogP contribution is -2.57. The molecule has 0 radical (unpaired) electrons. The number of carbonyl (C=O) groups excluding carboxylic acids is 1. The van der Waals surface area contributed by atoms with Crippen molar-refractivity contribution in [2.75, 3.05) is 6.54 Å². The molecule has 5 fully saturated rings. The Morgan fingerprint density at radius 1 is 1.10 bits per heavy atom. The molecule has 0 aromatic rings. The van der Waals surface area contributed by atoms with Crippen LogP contribution in [-0.2, 0) is 9.53 Å². The van der Waals surface area contributed by atoms with E-state index in [2.05, 4.69) is 39.1 Å². The fourth-order valence-corrected chi connectivity index (χ4v) is 9.39. The van der Waals surface area contributed by atoms with E-state index in [1.54, 1.807) is 0 Å². The van der Waals surface area contributed by atoms with Crippen LogP contribution in [0.2, 0.25) is 0 Å². The first-order chi connectivity index (χ1) is 14.3. The zero-order valence-corrected chi connectivity index (χ0v) is 19.2. The van der Waals surface area contributed by atoms with Crippen molar-refractivity contribution in [2.45, 2.75) is 84.5 Å². The number of carbonyl (C=O) groups is 1. The molecule has 3 saturated carbocycles. The van der Waals surface area contributed by atoms with E-state index in [4.69, 9.17) is 4.74 Å². The number of hydrogen-bond donors (Lipinski definition) is 1. The molecule has 10 atom stereocenters. The Morgan fingerprint density at radius 3 is 2.70 bits per heavy atom. The van der Waals surface area contributed by atoms with Crippen LogP contribution in [0.5, 0.6) is 0 Å². The predicted octanol–water partition coefficient (Wildman–Crippen LogP) is 5.27. The lowest BCUT2D eigenvalue weighted by Gasteiger charge is -2.57. The van der Waals surface area contributed by atoms with Gasteiger partial charge < -0.3 is 4.74 Å². The number of hydrogen-bond acceptors (Lipinski definition) is 3. The molecule has 3 nitrogen and oxygen atoms in total. The average molecular weight is 410 g/mol. The van der Waals surface area contributed by atoms with Crippen molar-refractivity contribution >= 4 is 5.78 Å². The van der Waals surface area contributed by atoms with Gasteiger partial charge in [-0.25, -0.2) is 0 Å². The van der Waals surface area contributed by atoms with Crippen molar-refractivity contribution in [1.29, 1.82) is 0 Å². The molecule has 0 unspecified atom stereocenters. The minimum Gasteiger partial charge on any atom is -0.357 e. The van der Waals surface area contributed by atoms with Crippen molar-refractivity contribution < 1.29 is 9.53 Å². The molecule has 2 saturated heterocycles. The summed E-state index contributed by atoms with van der Waals surface area (Å²) in [5.41, 5.74) is 1.85. The van der Waals surface area contributed by atoms with Crippen molar-refractivity contribution in [3.8, 4) is 0 Å². The molecule has 164 valence electrons. The summed E-state index contributed by atoms with van der Waals surface area (Å²) < 4.78 is 6.98. The Morgan fingerprint density at radius 2 is 1.93 bits per heavy atom. The molecular weight excluding hydrogens is 370 g/mol. The van der Waals surface area contributed by atoms with Crippen molar-refractivity contribution in [2.24, 2.45) is 46.3 Å². The van der Waals surface area contributed by atoms with Gasteiger partial charge in [0.25, 0.3) is 0 Å². The third kappa shape index (κ3) is 2.43. The number of ether oxygens (including phenoxy) is 1. The summed E-state index contributed by atoms with van der Waals surface area (Å²) in [7, 11) is 0. The minimum atomic E-state index is -0.0619. The van der Waals surface area contributed by atoms with E-state index in [0.29, 0.717) is 29.3 Å². The molecule has 3 heteroatoms. The van der Waals surface area contributed by atoms with Gasteiger partial charge in [-0.1, -0.05) is 39.3 Å². The molecule has 2 heterocycles. The van der Waals surface area contributed by atoms with Crippen LogP contribution in [0.3, 0.4) is 0 Å². The van der Waals surface area contributed by atoms with Crippen LogP contribution in [-0.4, -0.2) is 24.2 Å². The molecule has 30 heavy (non-hydrogen) atoms. The fourth-order valence-electron chi connectivity index (χ4n) is 9.39. The molecule has 0 aromatic carbocycles. The van der Waals surface area contributed by atoms with E-state index >= 15 is 0 Å². The van der Waals surface area contributed by atoms with Crippen LogP contribution in [0.15, 0.2) is 23.8 Å². The smallest absolute Gasteiger partial charge is 0.178 e. The van der Waals surface area contributed by atoms with Crippen molar-refractivity contribution in [3.63, 3.8) is 0 Å². The number of fused-ring (bicyclic) bond motifs is 7. The number of nitrogens with one attached hydrogen (secondary N) is 1. The summed E-state index contributed by atoms with van der Waals surface area (Å²) in [5, 5.41) is 3.87. The summed E-state index contributed by atoms with van der Waals surface area (Å²) in [4.78, 5) is 12.0. The Labute approximate surface area is 182 Å². The molecule has 1 N–H and O–H groups in total. The van der Waals surface area contributed by atoms with Gasteiger partial charge in [-0.2, -0.15) is 0 Å². The summed E-state index contributed by atoms with van der Waals surface area (Å²) in [6.45, 7) is 11.0. The number of ketones is 1. The van der Waals surface area contributed by atoms with Crippen LogP contribution in [0.4, 0.5) is 0 Å². The maximum Gasteiger partial charge on any atom is 0.178 e.